The fraction of sp³-hybridized carbons (Fsp3) is 0.462. The number of primary sulfonamides is 1. The highest BCUT2D eigenvalue weighted by atomic mass is 32.2. The summed E-state index contributed by atoms with van der Waals surface area (Å²) >= 11 is 0. The molecule has 0 saturated heterocycles. The quantitative estimate of drug-likeness (QED) is 0.670. The Kier molecular flexibility index (Phi) is 5.19. The zero-order chi connectivity index (χ0) is 16.4. The minimum atomic E-state index is -3.87. The Morgan fingerprint density at radius 1 is 1.38 bits per heavy atom. The van der Waals surface area contributed by atoms with Crippen molar-refractivity contribution in [1.82, 2.24) is 5.32 Å². The number of hydrogen-bond acceptors (Lipinski definition) is 5. The van der Waals surface area contributed by atoms with Gasteiger partial charge in [0.2, 0.25) is 15.9 Å². The summed E-state index contributed by atoms with van der Waals surface area (Å²) in [7, 11) is -2.18. The molecule has 8 heteroatoms. The van der Waals surface area contributed by atoms with Crippen LogP contribution >= 0.6 is 0 Å². The lowest BCUT2D eigenvalue weighted by atomic mass is 10.1. The molecular formula is C13H22N4O3S. The second-order valence-electron chi connectivity index (χ2n) is 5.29. The Balaban J connectivity index is 3.13. The number of nitrogens with zero attached hydrogens (tertiary/aromatic N) is 1. The molecule has 1 rings (SSSR count). The monoisotopic (exact) mass is 314 g/mol. The van der Waals surface area contributed by atoms with Crippen molar-refractivity contribution in [2.75, 3.05) is 24.2 Å². The summed E-state index contributed by atoms with van der Waals surface area (Å²) in [6.45, 7) is 5.45. The van der Waals surface area contributed by atoms with Gasteiger partial charge in [0.25, 0.3) is 0 Å². The predicted octanol–water partition coefficient (Wildman–Crippen LogP) is 0.185. The Hall–Kier alpha value is -1.80. The molecule has 1 amide bonds. The highest BCUT2D eigenvalue weighted by molar-refractivity contribution is 7.89. The first-order valence-corrected chi connectivity index (χ1v) is 8.00. The number of benzene rings is 1. The van der Waals surface area contributed by atoms with Crippen LogP contribution in [0.25, 0.3) is 0 Å². The van der Waals surface area contributed by atoms with Crippen molar-refractivity contribution in [3.8, 4) is 0 Å². The lowest BCUT2D eigenvalue weighted by Gasteiger charge is -2.23. The number of rotatable bonds is 5. The van der Waals surface area contributed by atoms with E-state index in [1.165, 1.54) is 6.07 Å². The third kappa shape index (κ3) is 4.61. The minimum absolute atomic E-state index is 0.0337. The van der Waals surface area contributed by atoms with Gasteiger partial charge in [-0.05, 0) is 38.5 Å². The number of anilines is 2. The third-order valence-corrected chi connectivity index (χ3v) is 3.94. The molecule has 0 aromatic heterocycles. The molecule has 1 aromatic carbocycles. The summed E-state index contributed by atoms with van der Waals surface area (Å²) in [4.78, 5) is 13.4. The van der Waals surface area contributed by atoms with Crippen LogP contribution in [0.3, 0.4) is 0 Å². The van der Waals surface area contributed by atoms with E-state index in [-0.39, 0.29) is 29.1 Å². The first kappa shape index (κ1) is 17.3. The molecule has 0 unspecified atom stereocenters. The second-order valence-corrected chi connectivity index (χ2v) is 6.82. The van der Waals surface area contributed by atoms with Crippen LogP contribution in [0, 0.1) is 6.92 Å². The van der Waals surface area contributed by atoms with Gasteiger partial charge in [-0.3, -0.25) is 4.79 Å². The third-order valence-electron chi connectivity index (χ3n) is 2.90. The van der Waals surface area contributed by atoms with E-state index < -0.39 is 10.0 Å². The molecule has 0 aliphatic carbocycles. The van der Waals surface area contributed by atoms with Gasteiger partial charge in [-0.1, -0.05) is 0 Å². The van der Waals surface area contributed by atoms with Crippen LogP contribution in [-0.4, -0.2) is 34.0 Å². The number of sulfonamides is 1. The van der Waals surface area contributed by atoms with Crippen LogP contribution in [-0.2, 0) is 14.8 Å². The van der Waals surface area contributed by atoms with Gasteiger partial charge in [-0.25, -0.2) is 13.6 Å². The fourth-order valence-electron chi connectivity index (χ4n) is 2.05. The molecule has 7 nitrogen and oxygen atoms in total. The van der Waals surface area contributed by atoms with Crippen molar-refractivity contribution < 1.29 is 13.2 Å². The summed E-state index contributed by atoms with van der Waals surface area (Å²) in [6, 6.07) is 2.97. The number of nitrogens with one attached hydrogen (secondary N) is 1. The number of likely N-dealkylation sites (N-methyl/N-ethyl adjacent to an activating group) is 1. The van der Waals surface area contributed by atoms with Crippen LogP contribution in [0.2, 0.25) is 0 Å². The molecule has 0 bridgehead atoms. The molecule has 0 aliphatic heterocycles. The van der Waals surface area contributed by atoms with Gasteiger partial charge in [-0.15, -0.1) is 0 Å². The maximum absolute atomic E-state index is 11.8. The second kappa shape index (κ2) is 6.31. The minimum Gasteiger partial charge on any atom is -0.399 e. The van der Waals surface area contributed by atoms with E-state index in [4.69, 9.17) is 10.9 Å². The summed E-state index contributed by atoms with van der Waals surface area (Å²) in [5, 5.41) is 7.95. The van der Waals surface area contributed by atoms with Crippen molar-refractivity contribution in [1.29, 1.82) is 0 Å². The molecule has 0 atom stereocenters. The van der Waals surface area contributed by atoms with Crippen molar-refractivity contribution in [3.05, 3.63) is 17.7 Å². The Morgan fingerprint density at radius 3 is 2.43 bits per heavy atom. The molecule has 5 N–H and O–H groups in total. The molecule has 0 radical (unpaired) electrons. The molecule has 0 heterocycles. The fourth-order valence-corrected chi connectivity index (χ4v) is 2.89. The van der Waals surface area contributed by atoms with Gasteiger partial charge in [-0.2, -0.15) is 0 Å². The summed E-state index contributed by atoms with van der Waals surface area (Å²) in [5.41, 5.74) is 7.02. The van der Waals surface area contributed by atoms with Crippen molar-refractivity contribution >= 4 is 27.3 Å². The first-order valence-electron chi connectivity index (χ1n) is 6.45. The van der Waals surface area contributed by atoms with Crippen LogP contribution in [0.15, 0.2) is 17.0 Å². The number of carbonyl (C=O) groups is 1. The Morgan fingerprint density at radius 2 is 1.95 bits per heavy atom. The van der Waals surface area contributed by atoms with Gasteiger partial charge in [0.1, 0.15) is 0 Å². The van der Waals surface area contributed by atoms with Gasteiger partial charge in [0.15, 0.2) is 0 Å². The zero-order valence-electron chi connectivity index (χ0n) is 12.7. The molecule has 21 heavy (non-hydrogen) atoms. The molecule has 118 valence electrons. The first-order chi connectivity index (χ1) is 9.52. The van der Waals surface area contributed by atoms with Gasteiger partial charge in [0, 0.05) is 24.5 Å². The van der Waals surface area contributed by atoms with E-state index in [9.17, 15) is 13.2 Å². The molecule has 0 spiro atoms. The number of carbonyl (C=O) groups excluding carboxylic acids is 1. The molecule has 0 fully saturated rings. The van der Waals surface area contributed by atoms with Crippen molar-refractivity contribution in [2.24, 2.45) is 5.14 Å². The summed E-state index contributed by atoms with van der Waals surface area (Å²) in [6.07, 6.45) is 0. The number of nitrogens with two attached hydrogens (primary N) is 2. The number of amides is 1. The van der Waals surface area contributed by atoms with Crippen molar-refractivity contribution in [2.45, 2.75) is 31.7 Å². The van der Waals surface area contributed by atoms with E-state index in [1.54, 1.807) is 24.9 Å². The average Bonchev–Trinajstić information content (AvgIpc) is 2.28. The maximum atomic E-state index is 11.8. The van der Waals surface area contributed by atoms with Crippen LogP contribution in [0.5, 0.6) is 0 Å². The highest BCUT2D eigenvalue weighted by Gasteiger charge is 2.18. The lowest BCUT2D eigenvalue weighted by molar-refractivity contribution is -0.120. The number of nitrogen functional groups attached to an aromatic ring is 1. The van der Waals surface area contributed by atoms with E-state index in [0.29, 0.717) is 11.3 Å². The molecular weight excluding hydrogens is 292 g/mol. The van der Waals surface area contributed by atoms with Gasteiger partial charge < -0.3 is 16.0 Å². The SMILES string of the molecule is Cc1c(N(C)CC(=O)NC(C)C)cc(N)cc1S(N)(=O)=O. The summed E-state index contributed by atoms with van der Waals surface area (Å²) < 4.78 is 23.1. The normalized spacial score (nSPS) is 11.5. The largest absolute Gasteiger partial charge is 0.399 e. The molecule has 1 aromatic rings. The van der Waals surface area contributed by atoms with E-state index >= 15 is 0 Å². The van der Waals surface area contributed by atoms with E-state index in [0.717, 1.165) is 0 Å². The Bertz CT molecular complexity index is 641. The Labute approximate surface area is 125 Å². The smallest absolute Gasteiger partial charge is 0.239 e. The topological polar surface area (TPSA) is 119 Å². The summed E-state index contributed by atoms with van der Waals surface area (Å²) in [5.74, 6) is -0.161. The van der Waals surface area contributed by atoms with Crippen LogP contribution in [0.1, 0.15) is 19.4 Å². The van der Waals surface area contributed by atoms with Gasteiger partial charge in [0.05, 0.1) is 11.4 Å². The standard InChI is InChI=1S/C13H22N4O3S/c1-8(2)16-13(18)7-17(4)11-5-10(14)6-12(9(11)3)21(15,19)20/h5-6,8H,7,14H2,1-4H3,(H,16,18)(H2,15,19,20). The molecule has 0 saturated carbocycles. The number of hydrogen-bond donors (Lipinski definition) is 3. The van der Waals surface area contributed by atoms with Crippen LogP contribution < -0.4 is 21.1 Å². The highest BCUT2D eigenvalue weighted by Crippen LogP contribution is 2.28. The van der Waals surface area contributed by atoms with E-state index in [2.05, 4.69) is 5.32 Å². The zero-order valence-corrected chi connectivity index (χ0v) is 13.5. The van der Waals surface area contributed by atoms with Crippen LogP contribution in [0.4, 0.5) is 11.4 Å². The lowest BCUT2D eigenvalue weighted by Crippen LogP contribution is -2.38. The van der Waals surface area contributed by atoms with Gasteiger partial charge >= 0.3 is 0 Å². The maximum Gasteiger partial charge on any atom is 0.239 e. The van der Waals surface area contributed by atoms with Crippen molar-refractivity contribution in [3.63, 3.8) is 0 Å². The van der Waals surface area contributed by atoms with E-state index in [1.807, 2.05) is 13.8 Å². The predicted molar refractivity (Wildman–Crippen MR) is 83.5 cm³/mol. The average molecular weight is 314 g/mol. The molecule has 0 aliphatic rings.